The molecule has 0 fully saturated rings. The minimum Gasteiger partial charge on any atom is -0.322 e. The molecule has 0 saturated heterocycles. The highest BCUT2D eigenvalue weighted by Crippen LogP contribution is 2.31. The lowest BCUT2D eigenvalue weighted by Gasteiger charge is -2.10. The van der Waals surface area contributed by atoms with Gasteiger partial charge in [-0.2, -0.15) is 0 Å². The smallest absolute Gasteiger partial charge is 0.277 e. The number of aromatic nitrogens is 2. The summed E-state index contributed by atoms with van der Waals surface area (Å²) < 4.78 is 0. The summed E-state index contributed by atoms with van der Waals surface area (Å²) in [7, 11) is 0. The summed E-state index contributed by atoms with van der Waals surface area (Å²) in [4.78, 5) is 42.8. The SMILES string of the molecule is Cc1cc(-c2nc3cccnc3s2)ccc1NC(=O)c1cc([N+](=O)[O-])cc([N+](=O)[O-])c1. The molecular weight excluding hydrogens is 422 g/mol. The van der Waals surface area contributed by atoms with Gasteiger partial charge < -0.3 is 5.32 Å². The van der Waals surface area contributed by atoms with Crippen LogP contribution in [0.1, 0.15) is 15.9 Å². The molecule has 0 spiro atoms. The third kappa shape index (κ3) is 4.07. The van der Waals surface area contributed by atoms with Crippen LogP contribution in [0.2, 0.25) is 0 Å². The monoisotopic (exact) mass is 435 g/mol. The predicted molar refractivity (Wildman–Crippen MR) is 115 cm³/mol. The fraction of sp³-hybridized carbons (Fsp3) is 0.0500. The second-order valence-corrected chi connectivity index (χ2v) is 7.56. The molecule has 0 aliphatic carbocycles. The number of anilines is 1. The number of nitrogens with one attached hydrogen (secondary N) is 1. The summed E-state index contributed by atoms with van der Waals surface area (Å²) in [6.45, 7) is 1.79. The number of pyridine rings is 1. The maximum Gasteiger partial charge on any atom is 0.277 e. The first kappa shape index (κ1) is 20.0. The minimum absolute atomic E-state index is 0.179. The van der Waals surface area contributed by atoms with E-state index >= 15 is 0 Å². The predicted octanol–water partition coefficient (Wildman–Crippen LogP) is 4.74. The standard InChI is InChI=1S/C20H13N5O5S/c1-11-7-12(19-23-17-3-2-6-21-20(17)31-19)4-5-16(11)22-18(26)13-8-14(24(27)28)10-15(9-13)25(29)30/h2-10H,1H3,(H,22,26). The second kappa shape index (κ2) is 7.88. The van der Waals surface area contributed by atoms with Gasteiger partial charge in [0.05, 0.1) is 21.5 Å². The lowest BCUT2D eigenvalue weighted by Crippen LogP contribution is -2.13. The van der Waals surface area contributed by atoms with E-state index in [1.807, 2.05) is 18.2 Å². The van der Waals surface area contributed by atoms with E-state index in [4.69, 9.17) is 0 Å². The first-order chi connectivity index (χ1) is 14.8. The molecule has 1 amide bonds. The largest absolute Gasteiger partial charge is 0.322 e. The second-order valence-electron chi connectivity index (χ2n) is 6.58. The Hall–Kier alpha value is -4.25. The van der Waals surface area contributed by atoms with E-state index in [2.05, 4.69) is 15.3 Å². The summed E-state index contributed by atoms with van der Waals surface area (Å²) in [5.41, 5.74) is 1.61. The van der Waals surface area contributed by atoms with Crippen LogP contribution in [0.3, 0.4) is 0 Å². The van der Waals surface area contributed by atoms with Crippen LogP contribution in [-0.2, 0) is 0 Å². The summed E-state index contributed by atoms with van der Waals surface area (Å²) in [6, 6.07) is 11.8. The molecule has 0 unspecified atom stereocenters. The van der Waals surface area contributed by atoms with Crippen molar-refractivity contribution in [2.24, 2.45) is 0 Å². The van der Waals surface area contributed by atoms with E-state index < -0.39 is 27.1 Å². The molecule has 10 nitrogen and oxygen atoms in total. The number of benzene rings is 2. The van der Waals surface area contributed by atoms with Crippen molar-refractivity contribution in [1.82, 2.24) is 9.97 Å². The number of carbonyl (C=O) groups is 1. The molecule has 0 saturated carbocycles. The molecular formula is C20H13N5O5S. The summed E-state index contributed by atoms with van der Waals surface area (Å²) in [5.74, 6) is -0.688. The van der Waals surface area contributed by atoms with E-state index in [1.54, 1.807) is 25.3 Å². The lowest BCUT2D eigenvalue weighted by atomic mass is 10.1. The first-order valence-corrected chi connectivity index (χ1v) is 9.71. The average molecular weight is 435 g/mol. The minimum atomic E-state index is -0.781. The summed E-state index contributed by atoms with van der Waals surface area (Å²) in [5, 5.41) is 25.5. The lowest BCUT2D eigenvalue weighted by molar-refractivity contribution is -0.394. The van der Waals surface area contributed by atoms with Gasteiger partial charge in [0.2, 0.25) is 0 Å². The molecule has 1 N–H and O–H groups in total. The summed E-state index contributed by atoms with van der Waals surface area (Å²) >= 11 is 1.45. The van der Waals surface area contributed by atoms with Gasteiger partial charge in [0.1, 0.15) is 15.4 Å². The number of nitrogens with zero attached hydrogens (tertiary/aromatic N) is 4. The zero-order valence-electron chi connectivity index (χ0n) is 15.9. The van der Waals surface area contributed by atoms with E-state index in [0.29, 0.717) is 5.69 Å². The number of non-ortho nitro benzene ring substituents is 2. The van der Waals surface area contributed by atoms with Crippen LogP contribution in [-0.4, -0.2) is 25.7 Å². The van der Waals surface area contributed by atoms with Crippen LogP contribution in [0.25, 0.3) is 20.9 Å². The highest BCUT2D eigenvalue weighted by atomic mass is 32.1. The van der Waals surface area contributed by atoms with Crippen molar-refractivity contribution in [2.75, 3.05) is 5.32 Å². The van der Waals surface area contributed by atoms with Crippen molar-refractivity contribution in [1.29, 1.82) is 0 Å². The van der Waals surface area contributed by atoms with Crippen molar-refractivity contribution in [3.63, 3.8) is 0 Å². The van der Waals surface area contributed by atoms with Crippen LogP contribution in [0.15, 0.2) is 54.7 Å². The molecule has 0 atom stereocenters. The normalized spacial score (nSPS) is 10.7. The fourth-order valence-corrected chi connectivity index (χ4v) is 3.87. The number of hydrogen-bond donors (Lipinski definition) is 1. The Kier molecular flexibility index (Phi) is 5.09. The van der Waals surface area contributed by atoms with Crippen molar-refractivity contribution in [3.05, 3.63) is 86.1 Å². The third-order valence-electron chi connectivity index (χ3n) is 4.47. The molecule has 4 aromatic rings. The van der Waals surface area contributed by atoms with Crippen molar-refractivity contribution in [3.8, 4) is 10.6 Å². The number of nitro groups is 2. The molecule has 2 aromatic heterocycles. The van der Waals surface area contributed by atoms with Gasteiger partial charge in [-0.05, 0) is 42.8 Å². The maximum absolute atomic E-state index is 12.6. The molecule has 0 bridgehead atoms. The van der Waals surface area contributed by atoms with Crippen LogP contribution >= 0.6 is 11.3 Å². The zero-order chi connectivity index (χ0) is 22.1. The number of nitro benzene ring substituents is 2. The Balaban J connectivity index is 1.62. The Bertz CT molecular complexity index is 1300. The van der Waals surface area contributed by atoms with Crippen LogP contribution in [0, 0.1) is 27.2 Å². The van der Waals surface area contributed by atoms with Crippen LogP contribution < -0.4 is 5.32 Å². The zero-order valence-corrected chi connectivity index (χ0v) is 16.8. The highest BCUT2D eigenvalue weighted by molar-refractivity contribution is 7.21. The molecule has 0 radical (unpaired) electrons. The Labute approximate surface area is 178 Å². The molecule has 154 valence electrons. The molecule has 11 heteroatoms. The number of amides is 1. The quantitative estimate of drug-likeness (QED) is 0.352. The van der Waals surface area contributed by atoms with Gasteiger partial charge in [-0.25, -0.2) is 9.97 Å². The van der Waals surface area contributed by atoms with E-state index in [-0.39, 0.29) is 5.56 Å². The van der Waals surface area contributed by atoms with Gasteiger partial charge in [-0.3, -0.25) is 25.0 Å². The topological polar surface area (TPSA) is 141 Å². The number of carbonyl (C=O) groups excluding carboxylic acids is 1. The molecule has 2 heterocycles. The van der Waals surface area contributed by atoms with Crippen LogP contribution in [0.5, 0.6) is 0 Å². The van der Waals surface area contributed by atoms with Gasteiger partial charge in [0, 0.05) is 29.6 Å². The van der Waals surface area contributed by atoms with Gasteiger partial charge in [-0.15, -0.1) is 0 Å². The van der Waals surface area contributed by atoms with Gasteiger partial charge in [0.25, 0.3) is 17.3 Å². The van der Waals surface area contributed by atoms with Crippen LogP contribution in [0.4, 0.5) is 17.1 Å². The van der Waals surface area contributed by atoms with Gasteiger partial charge in [0.15, 0.2) is 0 Å². The van der Waals surface area contributed by atoms with Crippen molar-refractivity contribution >= 4 is 44.7 Å². The Morgan fingerprint density at radius 3 is 2.35 bits per heavy atom. The van der Waals surface area contributed by atoms with E-state index in [0.717, 1.165) is 44.7 Å². The number of rotatable bonds is 5. The Morgan fingerprint density at radius 2 is 1.74 bits per heavy atom. The molecule has 4 rings (SSSR count). The van der Waals surface area contributed by atoms with Gasteiger partial charge >= 0.3 is 0 Å². The Morgan fingerprint density at radius 1 is 1.03 bits per heavy atom. The van der Waals surface area contributed by atoms with E-state index in [9.17, 15) is 25.0 Å². The van der Waals surface area contributed by atoms with Crippen molar-refractivity contribution in [2.45, 2.75) is 6.92 Å². The maximum atomic E-state index is 12.6. The van der Waals surface area contributed by atoms with Gasteiger partial charge in [-0.1, -0.05) is 11.3 Å². The first-order valence-electron chi connectivity index (χ1n) is 8.89. The molecule has 0 aliphatic rings. The molecule has 2 aromatic carbocycles. The average Bonchev–Trinajstić information content (AvgIpc) is 3.19. The molecule has 31 heavy (non-hydrogen) atoms. The van der Waals surface area contributed by atoms with Crippen molar-refractivity contribution < 1.29 is 14.6 Å². The summed E-state index contributed by atoms with van der Waals surface area (Å²) in [6.07, 6.45) is 1.70. The molecule has 0 aliphatic heterocycles. The fourth-order valence-electron chi connectivity index (χ4n) is 2.96. The number of aryl methyl sites for hydroxylation is 1. The number of thiazole rings is 1. The number of fused-ring (bicyclic) bond motifs is 1. The highest BCUT2D eigenvalue weighted by Gasteiger charge is 2.20. The van der Waals surface area contributed by atoms with E-state index in [1.165, 1.54) is 11.3 Å². The third-order valence-corrected chi connectivity index (χ3v) is 5.50. The number of hydrogen-bond acceptors (Lipinski definition) is 8.